The molecule has 2 rings (SSSR count). The number of pyridine rings is 1. The van der Waals surface area contributed by atoms with Gasteiger partial charge in [-0.05, 0) is 29.8 Å². The number of nitrogens with one attached hydrogen (secondary N) is 1. The molecule has 0 fully saturated rings. The molecule has 0 aliphatic carbocycles. The van der Waals surface area contributed by atoms with Gasteiger partial charge in [-0.25, -0.2) is 4.98 Å². The van der Waals surface area contributed by atoms with Crippen molar-refractivity contribution in [3.8, 4) is 0 Å². The lowest BCUT2D eigenvalue weighted by Gasteiger charge is -2.06. The molecule has 2 aromatic rings. The van der Waals surface area contributed by atoms with Gasteiger partial charge in [0.1, 0.15) is 5.15 Å². The molecule has 0 bridgehead atoms. The summed E-state index contributed by atoms with van der Waals surface area (Å²) in [4.78, 5) is 3.99. The van der Waals surface area contributed by atoms with Crippen LogP contribution in [0.3, 0.4) is 0 Å². The van der Waals surface area contributed by atoms with E-state index in [0.717, 1.165) is 16.3 Å². The Labute approximate surface area is 104 Å². The maximum atomic E-state index is 5.89. The van der Waals surface area contributed by atoms with E-state index >= 15 is 0 Å². The summed E-state index contributed by atoms with van der Waals surface area (Å²) in [6, 6.07) is 11.4. The fourth-order valence-corrected chi connectivity index (χ4v) is 1.66. The molecule has 0 spiro atoms. The summed E-state index contributed by atoms with van der Waals surface area (Å²) in [7, 11) is 0. The van der Waals surface area contributed by atoms with Crippen molar-refractivity contribution in [2.45, 2.75) is 6.54 Å². The average molecular weight is 253 g/mol. The Bertz CT molecular complexity index is 469. The highest BCUT2D eigenvalue weighted by Gasteiger charge is 1.96. The molecule has 0 aliphatic rings. The Morgan fingerprint density at radius 1 is 1.12 bits per heavy atom. The van der Waals surface area contributed by atoms with Crippen LogP contribution in [0.4, 0.5) is 5.69 Å². The van der Waals surface area contributed by atoms with E-state index in [2.05, 4.69) is 10.3 Å². The largest absolute Gasteiger partial charge is 0.380 e. The van der Waals surface area contributed by atoms with Gasteiger partial charge >= 0.3 is 0 Å². The predicted molar refractivity (Wildman–Crippen MR) is 68.0 cm³/mol. The number of aromatic nitrogens is 1. The van der Waals surface area contributed by atoms with Crippen molar-refractivity contribution < 1.29 is 0 Å². The Hall–Kier alpha value is -1.25. The second-order valence-electron chi connectivity index (χ2n) is 3.35. The van der Waals surface area contributed by atoms with Gasteiger partial charge in [0.2, 0.25) is 0 Å². The van der Waals surface area contributed by atoms with E-state index < -0.39 is 0 Å². The van der Waals surface area contributed by atoms with Crippen LogP contribution in [0, 0.1) is 0 Å². The number of hydrogen-bond donors (Lipinski definition) is 1. The van der Waals surface area contributed by atoms with Crippen LogP contribution in [0.1, 0.15) is 5.56 Å². The van der Waals surface area contributed by atoms with Gasteiger partial charge in [0, 0.05) is 11.6 Å². The van der Waals surface area contributed by atoms with E-state index in [1.54, 1.807) is 12.3 Å². The molecule has 0 saturated carbocycles. The van der Waals surface area contributed by atoms with Crippen LogP contribution in [-0.2, 0) is 6.54 Å². The highest BCUT2D eigenvalue weighted by Crippen LogP contribution is 2.14. The first-order chi connectivity index (χ1) is 7.74. The first-order valence-electron chi connectivity index (χ1n) is 4.84. The number of nitrogens with zero attached hydrogens (tertiary/aromatic N) is 1. The molecule has 16 heavy (non-hydrogen) atoms. The second kappa shape index (κ2) is 5.19. The van der Waals surface area contributed by atoms with Gasteiger partial charge < -0.3 is 5.32 Å². The van der Waals surface area contributed by atoms with Crippen LogP contribution >= 0.6 is 23.2 Å². The molecule has 1 aromatic carbocycles. The van der Waals surface area contributed by atoms with Gasteiger partial charge in [0.15, 0.2) is 0 Å². The molecule has 0 amide bonds. The summed E-state index contributed by atoms with van der Waals surface area (Å²) in [5.74, 6) is 0. The summed E-state index contributed by atoms with van der Waals surface area (Å²) >= 11 is 11.6. The summed E-state index contributed by atoms with van der Waals surface area (Å²) < 4.78 is 0. The molecule has 1 aromatic heterocycles. The standard InChI is InChI=1S/C12H10Cl2N2/c13-10-3-1-2-9(6-10)7-15-11-4-5-12(14)16-8-11/h1-6,8,15H,7H2. The lowest BCUT2D eigenvalue weighted by Crippen LogP contribution is -1.99. The van der Waals surface area contributed by atoms with Crippen molar-refractivity contribution in [3.05, 3.63) is 58.3 Å². The minimum atomic E-state index is 0.494. The summed E-state index contributed by atoms with van der Waals surface area (Å²) in [6.45, 7) is 0.712. The third-order valence-electron chi connectivity index (χ3n) is 2.11. The lowest BCUT2D eigenvalue weighted by atomic mass is 10.2. The molecular formula is C12H10Cl2N2. The van der Waals surface area contributed by atoms with Crippen LogP contribution in [0.15, 0.2) is 42.6 Å². The fourth-order valence-electron chi connectivity index (χ4n) is 1.33. The molecule has 0 radical (unpaired) electrons. The normalized spacial score (nSPS) is 10.1. The van der Waals surface area contributed by atoms with E-state index in [1.807, 2.05) is 30.3 Å². The number of rotatable bonds is 3. The van der Waals surface area contributed by atoms with Crippen LogP contribution in [-0.4, -0.2) is 4.98 Å². The van der Waals surface area contributed by atoms with Crippen LogP contribution in [0.2, 0.25) is 10.2 Å². The Kier molecular flexibility index (Phi) is 3.65. The zero-order chi connectivity index (χ0) is 11.4. The van der Waals surface area contributed by atoms with E-state index in [4.69, 9.17) is 23.2 Å². The highest BCUT2D eigenvalue weighted by atomic mass is 35.5. The topological polar surface area (TPSA) is 24.9 Å². The minimum absolute atomic E-state index is 0.494. The maximum absolute atomic E-state index is 5.89. The van der Waals surface area contributed by atoms with Gasteiger partial charge in [0.25, 0.3) is 0 Å². The first kappa shape index (κ1) is 11.2. The summed E-state index contributed by atoms with van der Waals surface area (Å²) in [5, 5.41) is 4.47. The fraction of sp³-hybridized carbons (Fsp3) is 0.0833. The van der Waals surface area contributed by atoms with Crippen molar-refractivity contribution in [2.75, 3.05) is 5.32 Å². The molecule has 0 atom stereocenters. The second-order valence-corrected chi connectivity index (χ2v) is 4.18. The van der Waals surface area contributed by atoms with Crippen LogP contribution in [0.5, 0.6) is 0 Å². The third-order valence-corrected chi connectivity index (χ3v) is 2.57. The van der Waals surface area contributed by atoms with Gasteiger partial charge in [-0.15, -0.1) is 0 Å². The predicted octanol–water partition coefficient (Wildman–Crippen LogP) is 4.00. The van der Waals surface area contributed by atoms with Gasteiger partial charge in [-0.1, -0.05) is 35.3 Å². The maximum Gasteiger partial charge on any atom is 0.129 e. The molecule has 0 saturated heterocycles. The number of benzene rings is 1. The lowest BCUT2D eigenvalue weighted by molar-refractivity contribution is 1.14. The van der Waals surface area contributed by atoms with E-state index in [9.17, 15) is 0 Å². The van der Waals surface area contributed by atoms with Crippen molar-refractivity contribution in [1.29, 1.82) is 0 Å². The molecule has 1 heterocycles. The summed E-state index contributed by atoms with van der Waals surface area (Å²) in [5.41, 5.74) is 2.06. The molecular weight excluding hydrogens is 243 g/mol. The molecule has 4 heteroatoms. The zero-order valence-electron chi connectivity index (χ0n) is 8.45. The molecule has 82 valence electrons. The van der Waals surface area contributed by atoms with Crippen molar-refractivity contribution in [1.82, 2.24) is 4.98 Å². The number of halogens is 2. The van der Waals surface area contributed by atoms with Crippen molar-refractivity contribution >= 4 is 28.9 Å². The van der Waals surface area contributed by atoms with E-state index in [1.165, 1.54) is 0 Å². The molecule has 0 unspecified atom stereocenters. The molecule has 2 nitrogen and oxygen atoms in total. The van der Waals surface area contributed by atoms with Crippen molar-refractivity contribution in [2.24, 2.45) is 0 Å². The summed E-state index contributed by atoms with van der Waals surface area (Å²) in [6.07, 6.45) is 1.70. The van der Waals surface area contributed by atoms with Crippen LogP contribution in [0.25, 0.3) is 0 Å². The smallest absolute Gasteiger partial charge is 0.129 e. The third kappa shape index (κ3) is 3.12. The Morgan fingerprint density at radius 2 is 2.00 bits per heavy atom. The highest BCUT2D eigenvalue weighted by molar-refractivity contribution is 6.30. The first-order valence-corrected chi connectivity index (χ1v) is 5.59. The van der Waals surface area contributed by atoms with Gasteiger partial charge in [-0.3, -0.25) is 0 Å². The molecule has 1 N–H and O–H groups in total. The van der Waals surface area contributed by atoms with E-state index in [0.29, 0.717) is 11.7 Å². The quantitative estimate of drug-likeness (QED) is 0.836. The Morgan fingerprint density at radius 3 is 2.69 bits per heavy atom. The molecule has 0 aliphatic heterocycles. The zero-order valence-corrected chi connectivity index (χ0v) is 9.96. The van der Waals surface area contributed by atoms with Crippen LogP contribution < -0.4 is 5.32 Å². The monoisotopic (exact) mass is 252 g/mol. The van der Waals surface area contributed by atoms with Gasteiger partial charge in [0.05, 0.1) is 11.9 Å². The SMILES string of the molecule is Clc1cccc(CNc2ccc(Cl)nc2)c1. The number of hydrogen-bond acceptors (Lipinski definition) is 2. The van der Waals surface area contributed by atoms with E-state index in [-0.39, 0.29) is 0 Å². The number of anilines is 1. The van der Waals surface area contributed by atoms with Crippen molar-refractivity contribution in [3.63, 3.8) is 0 Å². The minimum Gasteiger partial charge on any atom is -0.380 e. The average Bonchev–Trinajstić information content (AvgIpc) is 2.28. The van der Waals surface area contributed by atoms with Gasteiger partial charge in [-0.2, -0.15) is 0 Å². The Balaban J connectivity index is 1.99.